The average Bonchev–Trinajstić information content (AvgIpc) is 2.93. The highest BCUT2D eigenvalue weighted by Gasteiger charge is 2.50. The van der Waals surface area contributed by atoms with Gasteiger partial charge in [0.2, 0.25) is 0 Å². The number of hydrogen-bond donors (Lipinski definition) is 0. The van der Waals surface area contributed by atoms with Gasteiger partial charge in [-0.25, -0.2) is 14.7 Å². The zero-order chi connectivity index (χ0) is 26.1. The first-order chi connectivity index (χ1) is 16.3. The van der Waals surface area contributed by atoms with E-state index >= 15 is 0 Å². The first kappa shape index (κ1) is 26.4. The summed E-state index contributed by atoms with van der Waals surface area (Å²) in [5, 5.41) is 1.07. The molecule has 188 valence electrons. The molecule has 0 bridgehead atoms. The second-order valence-electron chi connectivity index (χ2n) is 8.84. The van der Waals surface area contributed by atoms with Crippen molar-refractivity contribution in [1.82, 2.24) is 5.06 Å². The van der Waals surface area contributed by atoms with Crippen LogP contribution in [0.5, 0.6) is 0 Å². The molecule has 0 saturated carbocycles. The zero-order valence-corrected chi connectivity index (χ0v) is 20.5. The van der Waals surface area contributed by atoms with E-state index in [0.717, 1.165) is 40.0 Å². The van der Waals surface area contributed by atoms with Crippen molar-refractivity contribution in [1.29, 1.82) is 0 Å². The maximum atomic E-state index is 13.6. The molecule has 1 amide bonds. The lowest BCUT2D eigenvalue weighted by Crippen LogP contribution is -2.44. The zero-order valence-electron chi connectivity index (χ0n) is 20.5. The first-order valence-corrected chi connectivity index (χ1v) is 11.1. The van der Waals surface area contributed by atoms with Crippen LogP contribution in [0.3, 0.4) is 0 Å². The van der Waals surface area contributed by atoms with Gasteiger partial charge in [-0.1, -0.05) is 23.8 Å². The number of hydrogen-bond acceptors (Lipinski definition) is 5. The fourth-order valence-corrected chi connectivity index (χ4v) is 4.19. The standard InChI is InChI=1S/C26H28F3NO5/c1-7-33-14-34-30-23(31)21(20-16(3)11-15(2)12-17(20)4)22(25(30,5)6)35-24(32)18-9-8-10-19(13-18)26(27,28)29/h8-13H,7,14H2,1-6H3. The number of aryl methyl sites for hydroxylation is 3. The maximum Gasteiger partial charge on any atom is 0.416 e. The van der Waals surface area contributed by atoms with E-state index in [0.29, 0.717) is 12.2 Å². The summed E-state index contributed by atoms with van der Waals surface area (Å²) in [4.78, 5) is 32.2. The number of alkyl halides is 3. The molecule has 0 aromatic heterocycles. The summed E-state index contributed by atoms with van der Waals surface area (Å²) in [6.45, 7) is 10.7. The van der Waals surface area contributed by atoms with Crippen LogP contribution in [0.15, 0.2) is 42.2 Å². The maximum absolute atomic E-state index is 13.6. The van der Waals surface area contributed by atoms with Crippen LogP contribution in [-0.2, 0) is 25.3 Å². The lowest BCUT2D eigenvalue weighted by Gasteiger charge is -2.31. The van der Waals surface area contributed by atoms with E-state index in [1.54, 1.807) is 20.8 Å². The summed E-state index contributed by atoms with van der Waals surface area (Å²) in [6.07, 6.45) is -4.62. The van der Waals surface area contributed by atoms with E-state index in [9.17, 15) is 22.8 Å². The molecule has 1 heterocycles. The van der Waals surface area contributed by atoms with Crippen molar-refractivity contribution in [3.8, 4) is 0 Å². The van der Waals surface area contributed by atoms with Crippen LogP contribution in [0.4, 0.5) is 13.2 Å². The van der Waals surface area contributed by atoms with Gasteiger partial charge in [-0.15, -0.1) is 0 Å². The Balaban J connectivity index is 2.12. The number of halogens is 3. The molecule has 0 spiro atoms. The van der Waals surface area contributed by atoms with E-state index in [4.69, 9.17) is 14.3 Å². The van der Waals surface area contributed by atoms with Gasteiger partial charge >= 0.3 is 12.1 Å². The molecule has 1 aliphatic rings. The topological polar surface area (TPSA) is 65.1 Å². The molecule has 0 radical (unpaired) electrons. The summed E-state index contributed by atoms with van der Waals surface area (Å²) in [6, 6.07) is 7.74. The number of carbonyl (C=O) groups excluding carboxylic acids is 2. The monoisotopic (exact) mass is 491 g/mol. The van der Waals surface area contributed by atoms with Crippen molar-refractivity contribution >= 4 is 17.4 Å². The largest absolute Gasteiger partial charge is 0.424 e. The van der Waals surface area contributed by atoms with Crippen molar-refractivity contribution in [2.24, 2.45) is 0 Å². The van der Waals surface area contributed by atoms with Gasteiger partial charge in [0.15, 0.2) is 6.79 Å². The third kappa shape index (κ3) is 5.26. The van der Waals surface area contributed by atoms with Gasteiger partial charge < -0.3 is 9.47 Å². The van der Waals surface area contributed by atoms with Gasteiger partial charge in [0.1, 0.15) is 11.3 Å². The van der Waals surface area contributed by atoms with E-state index in [2.05, 4.69) is 0 Å². The predicted octanol–water partition coefficient (Wildman–Crippen LogP) is 5.75. The van der Waals surface area contributed by atoms with E-state index < -0.39 is 29.2 Å². The molecule has 1 aliphatic heterocycles. The Labute approximate surface area is 202 Å². The van der Waals surface area contributed by atoms with Gasteiger partial charge in [-0.3, -0.25) is 4.79 Å². The van der Waals surface area contributed by atoms with Crippen molar-refractivity contribution < 1.29 is 37.1 Å². The summed E-state index contributed by atoms with van der Waals surface area (Å²) in [7, 11) is 0. The van der Waals surface area contributed by atoms with Crippen LogP contribution in [0.25, 0.3) is 5.57 Å². The lowest BCUT2D eigenvalue weighted by atomic mass is 9.91. The second kappa shape index (κ2) is 9.83. The van der Waals surface area contributed by atoms with Gasteiger partial charge in [-0.2, -0.15) is 13.2 Å². The Kier molecular flexibility index (Phi) is 7.42. The molecule has 0 saturated heterocycles. The number of hydroxylamine groups is 2. The third-order valence-electron chi connectivity index (χ3n) is 5.71. The van der Waals surface area contributed by atoms with E-state index in [1.165, 1.54) is 6.07 Å². The Bertz CT molecular complexity index is 1160. The SMILES string of the molecule is CCOCON1C(=O)C(c2c(C)cc(C)cc2C)=C(OC(=O)c2cccc(C(F)(F)F)c2)C1(C)C. The average molecular weight is 492 g/mol. The highest BCUT2D eigenvalue weighted by molar-refractivity contribution is 6.23. The van der Waals surface area contributed by atoms with Crippen molar-refractivity contribution in [3.05, 3.63) is 75.5 Å². The molecule has 0 fully saturated rings. The lowest BCUT2D eigenvalue weighted by molar-refractivity contribution is -0.242. The molecule has 3 rings (SSSR count). The molecule has 0 N–H and O–H groups in total. The molecule has 0 unspecified atom stereocenters. The number of esters is 1. The van der Waals surface area contributed by atoms with Crippen LogP contribution in [0.2, 0.25) is 0 Å². The van der Waals surface area contributed by atoms with Crippen LogP contribution in [0, 0.1) is 20.8 Å². The van der Waals surface area contributed by atoms with Crippen molar-refractivity contribution in [2.75, 3.05) is 13.4 Å². The molecular weight excluding hydrogens is 463 g/mol. The van der Waals surface area contributed by atoms with E-state index in [-0.39, 0.29) is 23.7 Å². The number of nitrogens with zero attached hydrogens (tertiary/aromatic N) is 1. The highest BCUT2D eigenvalue weighted by atomic mass is 19.4. The minimum absolute atomic E-state index is 0.0172. The third-order valence-corrected chi connectivity index (χ3v) is 5.71. The predicted molar refractivity (Wildman–Crippen MR) is 123 cm³/mol. The summed E-state index contributed by atoms with van der Waals surface area (Å²) >= 11 is 0. The smallest absolute Gasteiger partial charge is 0.416 e. The number of ether oxygens (including phenoxy) is 2. The quantitative estimate of drug-likeness (QED) is 0.281. The van der Waals surface area contributed by atoms with Gasteiger partial charge in [0.25, 0.3) is 5.91 Å². The molecular formula is C26H28F3NO5. The minimum atomic E-state index is -4.62. The van der Waals surface area contributed by atoms with Crippen LogP contribution < -0.4 is 0 Å². The molecule has 35 heavy (non-hydrogen) atoms. The number of benzene rings is 2. The number of amides is 1. The Hall–Kier alpha value is -3.17. The van der Waals surface area contributed by atoms with Crippen LogP contribution in [-0.4, -0.2) is 35.9 Å². The summed E-state index contributed by atoms with van der Waals surface area (Å²) in [5.74, 6) is -1.58. The molecule has 6 nitrogen and oxygen atoms in total. The normalized spacial score (nSPS) is 15.7. The highest BCUT2D eigenvalue weighted by Crippen LogP contribution is 2.43. The molecule has 0 atom stereocenters. The van der Waals surface area contributed by atoms with E-state index in [1.807, 2.05) is 32.9 Å². The van der Waals surface area contributed by atoms with Crippen molar-refractivity contribution in [3.63, 3.8) is 0 Å². The first-order valence-electron chi connectivity index (χ1n) is 11.1. The fourth-order valence-electron chi connectivity index (χ4n) is 4.19. The van der Waals surface area contributed by atoms with Gasteiger partial charge in [0, 0.05) is 6.61 Å². The van der Waals surface area contributed by atoms with Gasteiger partial charge in [-0.05, 0) is 76.4 Å². The van der Waals surface area contributed by atoms with Crippen LogP contribution >= 0.6 is 0 Å². The Morgan fingerprint density at radius 3 is 2.26 bits per heavy atom. The molecule has 2 aromatic rings. The van der Waals surface area contributed by atoms with Crippen LogP contribution in [0.1, 0.15) is 58.9 Å². The summed E-state index contributed by atoms with van der Waals surface area (Å²) < 4.78 is 50.4. The second-order valence-corrected chi connectivity index (χ2v) is 8.84. The fraction of sp³-hybridized carbons (Fsp3) is 0.385. The van der Waals surface area contributed by atoms with Gasteiger partial charge in [0.05, 0.1) is 16.7 Å². The molecule has 0 aliphatic carbocycles. The molecule has 2 aromatic carbocycles. The Morgan fingerprint density at radius 1 is 1.06 bits per heavy atom. The number of carbonyl (C=O) groups is 2. The van der Waals surface area contributed by atoms with Crippen molar-refractivity contribution in [2.45, 2.75) is 53.3 Å². The summed E-state index contributed by atoms with van der Waals surface area (Å²) in [5.41, 5.74) is 0.702. The minimum Gasteiger partial charge on any atom is -0.424 e. The molecule has 9 heteroatoms. The Morgan fingerprint density at radius 2 is 1.69 bits per heavy atom. The number of rotatable bonds is 7.